The van der Waals surface area contributed by atoms with Crippen LogP contribution in [0.5, 0.6) is 0 Å². The summed E-state index contributed by atoms with van der Waals surface area (Å²) in [6, 6.07) is 46.1. The van der Waals surface area contributed by atoms with Gasteiger partial charge >= 0.3 is 0 Å². The second kappa shape index (κ2) is 10.4. The largest absolute Gasteiger partial charge is 0.308 e. The summed E-state index contributed by atoms with van der Waals surface area (Å²) >= 11 is 0. The SMILES string of the molecule is N#Cc1cc(C#N)cc(-c2ccc3c4ccccc4n(-c4cccc5c4C(=O)N(c4ccc(-c6ccccc6)cc4)C5=O)c3c2)c1. The van der Waals surface area contributed by atoms with Gasteiger partial charge in [-0.05, 0) is 76.9 Å². The van der Waals surface area contributed by atoms with Crippen molar-refractivity contribution in [3.05, 3.63) is 156 Å². The maximum absolute atomic E-state index is 14.2. The summed E-state index contributed by atoms with van der Waals surface area (Å²) in [5.41, 5.74) is 7.91. The number of amides is 2. The van der Waals surface area contributed by atoms with Gasteiger partial charge in [-0.3, -0.25) is 9.59 Å². The first kappa shape index (κ1) is 26.8. The number of nitriles is 2. The molecule has 0 aliphatic carbocycles. The summed E-state index contributed by atoms with van der Waals surface area (Å²) in [7, 11) is 0. The van der Waals surface area contributed by atoms with Gasteiger partial charge in [0.2, 0.25) is 0 Å². The van der Waals surface area contributed by atoms with E-state index in [-0.39, 0.29) is 11.8 Å². The van der Waals surface area contributed by atoms with E-state index < -0.39 is 0 Å². The molecule has 46 heavy (non-hydrogen) atoms. The van der Waals surface area contributed by atoms with Crippen molar-refractivity contribution >= 4 is 39.3 Å². The van der Waals surface area contributed by atoms with Crippen LogP contribution in [0.3, 0.4) is 0 Å². The Labute approximate surface area is 264 Å². The Balaban J connectivity index is 1.29. The highest BCUT2D eigenvalue weighted by Crippen LogP contribution is 2.39. The van der Waals surface area contributed by atoms with Crippen LogP contribution in [0, 0.1) is 22.7 Å². The van der Waals surface area contributed by atoms with Gasteiger partial charge in [0.05, 0.1) is 56.8 Å². The first-order valence-corrected chi connectivity index (χ1v) is 14.7. The van der Waals surface area contributed by atoms with Crippen LogP contribution in [0.1, 0.15) is 31.8 Å². The number of aromatic nitrogens is 1. The summed E-state index contributed by atoms with van der Waals surface area (Å²) in [6.07, 6.45) is 0. The maximum atomic E-state index is 14.2. The normalized spacial score (nSPS) is 12.3. The van der Waals surface area contributed by atoms with E-state index in [0.29, 0.717) is 33.6 Å². The predicted octanol–water partition coefficient (Wildman–Crippen LogP) is 8.66. The van der Waals surface area contributed by atoms with E-state index in [9.17, 15) is 20.1 Å². The number of anilines is 1. The minimum atomic E-state index is -0.384. The van der Waals surface area contributed by atoms with Crippen molar-refractivity contribution in [2.24, 2.45) is 0 Å². The van der Waals surface area contributed by atoms with Crippen LogP contribution in [0.4, 0.5) is 5.69 Å². The summed E-state index contributed by atoms with van der Waals surface area (Å²) in [6.45, 7) is 0. The molecule has 1 aliphatic rings. The molecule has 7 aromatic rings. The summed E-state index contributed by atoms with van der Waals surface area (Å²) in [5.74, 6) is -0.751. The molecule has 2 heterocycles. The number of carbonyl (C=O) groups is 2. The van der Waals surface area contributed by atoms with Crippen LogP contribution < -0.4 is 4.90 Å². The molecular weight excluding hydrogens is 568 g/mol. The van der Waals surface area contributed by atoms with Gasteiger partial charge in [0, 0.05) is 10.8 Å². The maximum Gasteiger partial charge on any atom is 0.268 e. The molecule has 0 bridgehead atoms. The third-order valence-electron chi connectivity index (χ3n) is 8.56. The number of hydrogen-bond acceptors (Lipinski definition) is 4. The molecule has 0 saturated carbocycles. The fourth-order valence-corrected chi connectivity index (χ4v) is 6.46. The number of fused-ring (bicyclic) bond motifs is 4. The number of imide groups is 1. The molecule has 2 amide bonds. The highest BCUT2D eigenvalue weighted by Gasteiger charge is 2.39. The number of carbonyl (C=O) groups excluding carboxylic acids is 2. The van der Waals surface area contributed by atoms with Gasteiger partial charge in [-0.1, -0.05) is 78.9 Å². The van der Waals surface area contributed by atoms with Gasteiger partial charge < -0.3 is 4.57 Å². The monoisotopic (exact) mass is 590 g/mol. The average molecular weight is 591 g/mol. The Morgan fingerprint density at radius 1 is 0.500 bits per heavy atom. The fourth-order valence-electron chi connectivity index (χ4n) is 6.46. The van der Waals surface area contributed by atoms with Crippen molar-refractivity contribution in [2.45, 2.75) is 0 Å². The lowest BCUT2D eigenvalue weighted by molar-refractivity contribution is 0.0926. The van der Waals surface area contributed by atoms with E-state index in [4.69, 9.17) is 0 Å². The highest BCUT2D eigenvalue weighted by atomic mass is 16.2. The summed E-state index contributed by atoms with van der Waals surface area (Å²) in [5, 5.41) is 21.1. The van der Waals surface area contributed by atoms with Crippen LogP contribution in [0.15, 0.2) is 133 Å². The lowest BCUT2D eigenvalue weighted by Crippen LogP contribution is -2.29. The van der Waals surface area contributed by atoms with Crippen molar-refractivity contribution in [1.29, 1.82) is 10.5 Å². The molecule has 6 heteroatoms. The standard InChI is InChI=1S/C40H22N4O2/c41-23-25-19-26(24-42)21-30(20-25)29-15-18-33-32-9-4-5-11-35(32)44(37(33)22-29)36-12-6-10-34-38(36)40(46)43(39(34)45)31-16-13-28(14-17-31)27-7-2-1-3-8-27/h1-22H. The zero-order valence-corrected chi connectivity index (χ0v) is 24.3. The minimum absolute atomic E-state index is 0.339. The lowest BCUT2D eigenvalue weighted by Gasteiger charge is -2.15. The molecule has 8 rings (SSSR count). The van der Waals surface area contributed by atoms with Gasteiger partial charge in [0.15, 0.2) is 0 Å². The van der Waals surface area contributed by atoms with Crippen LogP contribution in [-0.4, -0.2) is 16.4 Å². The molecule has 0 spiro atoms. The smallest absolute Gasteiger partial charge is 0.268 e. The fraction of sp³-hybridized carbons (Fsp3) is 0. The summed E-state index contributed by atoms with van der Waals surface area (Å²) in [4.78, 5) is 29.3. The van der Waals surface area contributed by atoms with Crippen molar-refractivity contribution < 1.29 is 9.59 Å². The Morgan fingerprint density at radius 3 is 1.89 bits per heavy atom. The molecule has 0 N–H and O–H groups in total. The third-order valence-corrected chi connectivity index (χ3v) is 8.56. The molecule has 214 valence electrons. The van der Waals surface area contributed by atoms with Crippen molar-refractivity contribution in [1.82, 2.24) is 4.57 Å². The topological polar surface area (TPSA) is 89.9 Å². The number of rotatable bonds is 4. The van der Waals surface area contributed by atoms with Gasteiger partial charge in [0.25, 0.3) is 11.8 Å². The number of benzene rings is 6. The molecule has 6 nitrogen and oxygen atoms in total. The Bertz CT molecular complexity index is 2450. The van der Waals surface area contributed by atoms with E-state index in [1.54, 1.807) is 42.5 Å². The van der Waals surface area contributed by atoms with E-state index in [1.165, 1.54) is 4.90 Å². The Morgan fingerprint density at radius 2 is 1.15 bits per heavy atom. The molecule has 0 saturated heterocycles. The highest BCUT2D eigenvalue weighted by molar-refractivity contribution is 6.35. The van der Waals surface area contributed by atoms with Gasteiger partial charge in [-0.15, -0.1) is 0 Å². The van der Waals surface area contributed by atoms with Crippen LogP contribution in [0.2, 0.25) is 0 Å². The molecule has 1 aliphatic heterocycles. The zero-order valence-electron chi connectivity index (χ0n) is 24.3. The second-order valence-electron chi connectivity index (χ2n) is 11.2. The number of para-hydroxylation sites is 1. The minimum Gasteiger partial charge on any atom is -0.308 e. The van der Waals surface area contributed by atoms with Gasteiger partial charge in [-0.2, -0.15) is 10.5 Å². The molecule has 0 fully saturated rings. The van der Waals surface area contributed by atoms with E-state index in [1.807, 2.05) is 95.6 Å². The summed E-state index contributed by atoms with van der Waals surface area (Å²) < 4.78 is 2.03. The molecule has 0 unspecified atom stereocenters. The molecule has 1 aromatic heterocycles. The first-order valence-electron chi connectivity index (χ1n) is 14.7. The van der Waals surface area contributed by atoms with Crippen molar-refractivity contribution in [3.63, 3.8) is 0 Å². The van der Waals surface area contributed by atoms with Gasteiger partial charge in [-0.25, -0.2) is 4.90 Å². The van der Waals surface area contributed by atoms with Gasteiger partial charge in [0.1, 0.15) is 0 Å². The van der Waals surface area contributed by atoms with E-state index in [0.717, 1.165) is 44.1 Å². The third kappa shape index (κ3) is 4.10. The molecule has 0 atom stereocenters. The van der Waals surface area contributed by atoms with Crippen molar-refractivity contribution in [3.8, 4) is 40.1 Å². The average Bonchev–Trinajstić information content (AvgIpc) is 3.58. The lowest BCUT2D eigenvalue weighted by atomic mass is 9.99. The van der Waals surface area contributed by atoms with E-state index in [2.05, 4.69) is 12.1 Å². The number of hydrogen-bond donors (Lipinski definition) is 0. The Kier molecular flexibility index (Phi) is 6.10. The molecular formula is C40H22N4O2. The van der Waals surface area contributed by atoms with Crippen LogP contribution >= 0.6 is 0 Å². The van der Waals surface area contributed by atoms with E-state index >= 15 is 0 Å². The second-order valence-corrected chi connectivity index (χ2v) is 11.2. The van der Waals surface area contributed by atoms with Crippen LogP contribution in [0.25, 0.3) is 49.7 Å². The molecule has 6 aromatic carbocycles. The Hall–Kier alpha value is -6.76. The molecule has 0 radical (unpaired) electrons. The predicted molar refractivity (Wildman–Crippen MR) is 179 cm³/mol. The first-order chi connectivity index (χ1) is 22.6. The number of nitrogens with zero attached hydrogens (tertiary/aromatic N) is 4. The quantitative estimate of drug-likeness (QED) is 0.192. The van der Waals surface area contributed by atoms with Crippen molar-refractivity contribution in [2.75, 3.05) is 4.90 Å². The zero-order chi connectivity index (χ0) is 31.4. The van der Waals surface area contributed by atoms with Crippen LogP contribution in [-0.2, 0) is 0 Å².